The van der Waals surface area contributed by atoms with Crippen LogP contribution in [-0.4, -0.2) is 36.6 Å². The number of halogens is 1. The zero-order valence-corrected chi connectivity index (χ0v) is 12.1. The van der Waals surface area contributed by atoms with Crippen LogP contribution in [0.4, 0.5) is 0 Å². The molecular weight excluding hydrogens is 320 g/mol. The molecule has 1 aliphatic rings. The van der Waals surface area contributed by atoms with Crippen LogP contribution in [0, 0.1) is 5.41 Å². The molecule has 0 spiro atoms. The summed E-state index contributed by atoms with van der Waals surface area (Å²) in [7, 11) is -3.10. The van der Waals surface area contributed by atoms with Crippen molar-refractivity contribution < 1.29 is 13.5 Å². The van der Waals surface area contributed by atoms with Crippen molar-refractivity contribution in [3.05, 3.63) is 28.5 Å². The average molecular weight is 335 g/mol. The van der Waals surface area contributed by atoms with E-state index in [-0.39, 0.29) is 18.1 Å². The third-order valence-electron chi connectivity index (χ3n) is 3.44. The molecule has 2 heterocycles. The topological polar surface area (TPSA) is 93.3 Å². The molecule has 7 heteroatoms. The molecule has 1 aromatic rings. The van der Waals surface area contributed by atoms with E-state index in [1.807, 2.05) is 0 Å². The van der Waals surface area contributed by atoms with Crippen LogP contribution in [0.5, 0.6) is 0 Å². The van der Waals surface area contributed by atoms with Gasteiger partial charge in [-0.2, -0.15) is 0 Å². The van der Waals surface area contributed by atoms with Crippen LogP contribution in [0.25, 0.3) is 0 Å². The van der Waals surface area contributed by atoms with Crippen LogP contribution in [0.2, 0.25) is 0 Å². The van der Waals surface area contributed by atoms with Gasteiger partial charge in [0.1, 0.15) is 6.10 Å². The molecule has 2 rings (SSSR count). The number of nitrogens with two attached hydrogens (primary N) is 1. The SMILES string of the molecule is NCC1(C(O)c2ccc(Br)cn2)CCS(=O)(=O)C1. The number of hydrogen-bond donors (Lipinski definition) is 2. The molecule has 2 atom stereocenters. The van der Waals surface area contributed by atoms with Gasteiger partial charge in [-0.05, 0) is 34.5 Å². The Kier molecular flexibility index (Phi) is 3.77. The highest BCUT2D eigenvalue weighted by molar-refractivity contribution is 9.10. The average Bonchev–Trinajstić information content (AvgIpc) is 2.66. The first-order valence-electron chi connectivity index (χ1n) is 5.59. The van der Waals surface area contributed by atoms with Crippen LogP contribution in [0.3, 0.4) is 0 Å². The van der Waals surface area contributed by atoms with Crippen molar-refractivity contribution in [2.24, 2.45) is 11.1 Å². The fourth-order valence-corrected chi connectivity index (χ4v) is 4.68. The second kappa shape index (κ2) is 4.88. The molecule has 1 saturated heterocycles. The summed E-state index contributed by atoms with van der Waals surface area (Å²) in [5, 5.41) is 10.4. The first kappa shape index (κ1) is 13.9. The Bertz CT molecular complexity index is 532. The van der Waals surface area contributed by atoms with E-state index in [1.165, 1.54) is 0 Å². The number of aliphatic hydroxyl groups excluding tert-OH is 1. The molecule has 3 N–H and O–H groups in total. The van der Waals surface area contributed by atoms with E-state index in [1.54, 1.807) is 18.3 Å². The Labute approximate surface area is 114 Å². The molecule has 0 saturated carbocycles. The zero-order chi connectivity index (χ0) is 13.4. The first-order valence-corrected chi connectivity index (χ1v) is 8.20. The number of rotatable bonds is 3. The summed E-state index contributed by atoms with van der Waals surface area (Å²) in [6, 6.07) is 3.44. The second-order valence-electron chi connectivity index (χ2n) is 4.71. The summed E-state index contributed by atoms with van der Waals surface area (Å²) in [5.41, 5.74) is 5.35. The Morgan fingerprint density at radius 3 is 2.72 bits per heavy atom. The van der Waals surface area contributed by atoms with Crippen LogP contribution in [0.15, 0.2) is 22.8 Å². The smallest absolute Gasteiger partial charge is 0.151 e. The number of pyridine rings is 1. The van der Waals surface area contributed by atoms with Gasteiger partial charge < -0.3 is 10.8 Å². The van der Waals surface area contributed by atoms with Crippen molar-refractivity contribution in [1.82, 2.24) is 4.98 Å². The summed E-state index contributed by atoms with van der Waals surface area (Å²) < 4.78 is 24.0. The predicted octanol–water partition coefficient (Wildman–Crippen LogP) is 0.641. The molecule has 1 fully saturated rings. The molecule has 0 aliphatic carbocycles. The highest BCUT2D eigenvalue weighted by Gasteiger charge is 2.47. The molecule has 0 aromatic carbocycles. The molecule has 2 unspecified atom stereocenters. The van der Waals surface area contributed by atoms with Crippen LogP contribution in [-0.2, 0) is 9.84 Å². The quantitative estimate of drug-likeness (QED) is 0.846. The van der Waals surface area contributed by atoms with Gasteiger partial charge in [-0.25, -0.2) is 8.42 Å². The maximum absolute atomic E-state index is 11.6. The van der Waals surface area contributed by atoms with Crippen molar-refractivity contribution in [3.8, 4) is 0 Å². The van der Waals surface area contributed by atoms with Gasteiger partial charge in [0.2, 0.25) is 0 Å². The van der Waals surface area contributed by atoms with Crippen molar-refractivity contribution in [2.75, 3.05) is 18.1 Å². The standard InChI is InChI=1S/C11H15BrN2O3S/c12-8-1-2-9(14-5-8)10(15)11(6-13)3-4-18(16,17)7-11/h1-2,5,10,15H,3-4,6-7,13H2. The largest absolute Gasteiger partial charge is 0.386 e. The van der Waals surface area contributed by atoms with E-state index in [0.717, 1.165) is 4.47 Å². The Morgan fingerprint density at radius 1 is 1.56 bits per heavy atom. The van der Waals surface area contributed by atoms with Gasteiger partial charge in [0.05, 0.1) is 17.2 Å². The third-order valence-corrected chi connectivity index (χ3v) is 5.75. The lowest BCUT2D eigenvalue weighted by Gasteiger charge is -2.31. The number of aromatic nitrogens is 1. The molecule has 18 heavy (non-hydrogen) atoms. The zero-order valence-electron chi connectivity index (χ0n) is 9.71. The summed E-state index contributed by atoms with van der Waals surface area (Å²) in [6.45, 7) is 0.130. The van der Waals surface area contributed by atoms with Crippen molar-refractivity contribution >= 4 is 25.8 Å². The molecular formula is C11H15BrN2O3S. The third kappa shape index (κ3) is 2.59. The number of sulfone groups is 1. The van der Waals surface area contributed by atoms with E-state index >= 15 is 0 Å². The van der Waals surface area contributed by atoms with E-state index in [2.05, 4.69) is 20.9 Å². The van der Waals surface area contributed by atoms with Gasteiger partial charge in [-0.15, -0.1) is 0 Å². The minimum atomic E-state index is -3.10. The Hall–Kier alpha value is -0.500. The van der Waals surface area contributed by atoms with Gasteiger partial charge in [0.25, 0.3) is 0 Å². The second-order valence-corrected chi connectivity index (χ2v) is 7.81. The van der Waals surface area contributed by atoms with Gasteiger partial charge >= 0.3 is 0 Å². The summed E-state index contributed by atoms with van der Waals surface area (Å²) >= 11 is 3.26. The lowest BCUT2D eigenvalue weighted by Crippen LogP contribution is -2.38. The Balaban J connectivity index is 2.31. The maximum atomic E-state index is 11.6. The molecule has 0 amide bonds. The Morgan fingerprint density at radius 2 is 2.28 bits per heavy atom. The van der Waals surface area contributed by atoms with E-state index in [9.17, 15) is 13.5 Å². The fourth-order valence-electron chi connectivity index (χ4n) is 2.29. The maximum Gasteiger partial charge on any atom is 0.151 e. The van der Waals surface area contributed by atoms with Gasteiger partial charge in [-0.1, -0.05) is 0 Å². The first-order chi connectivity index (χ1) is 8.38. The van der Waals surface area contributed by atoms with Crippen LogP contribution in [0.1, 0.15) is 18.2 Å². The molecule has 0 radical (unpaired) electrons. The minimum absolute atomic E-state index is 0.0740. The van der Waals surface area contributed by atoms with Gasteiger partial charge in [0.15, 0.2) is 9.84 Å². The van der Waals surface area contributed by atoms with Crippen LogP contribution < -0.4 is 5.73 Å². The molecule has 5 nitrogen and oxygen atoms in total. The molecule has 0 bridgehead atoms. The van der Waals surface area contributed by atoms with Gasteiger partial charge in [-0.3, -0.25) is 4.98 Å². The van der Waals surface area contributed by atoms with Crippen LogP contribution >= 0.6 is 15.9 Å². The molecule has 1 aromatic heterocycles. The lowest BCUT2D eigenvalue weighted by atomic mass is 9.80. The van der Waals surface area contributed by atoms with Crippen molar-refractivity contribution in [2.45, 2.75) is 12.5 Å². The highest BCUT2D eigenvalue weighted by Crippen LogP contribution is 2.42. The van der Waals surface area contributed by atoms with E-state index < -0.39 is 21.4 Å². The highest BCUT2D eigenvalue weighted by atomic mass is 79.9. The number of hydrogen-bond acceptors (Lipinski definition) is 5. The van der Waals surface area contributed by atoms with E-state index in [4.69, 9.17) is 5.73 Å². The van der Waals surface area contributed by atoms with E-state index in [0.29, 0.717) is 12.1 Å². The summed E-state index contributed by atoms with van der Waals surface area (Å²) in [5.74, 6) is 0.00714. The predicted molar refractivity (Wildman–Crippen MR) is 71.7 cm³/mol. The minimum Gasteiger partial charge on any atom is -0.386 e. The molecule has 100 valence electrons. The summed E-state index contributed by atoms with van der Waals surface area (Å²) in [6.07, 6.45) is 1.00. The number of nitrogens with zero attached hydrogens (tertiary/aromatic N) is 1. The lowest BCUT2D eigenvalue weighted by molar-refractivity contribution is 0.0436. The fraction of sp³-hybridized carbons (Fsp3) is 0.545. The monoisotopic (exact) mass is 334 g/mol. The normalized spacial score (nSPS) is 28.2. The van der Waals surface area contributed by atoms with Gasteiger partial charge in [0, 0.05) is 22.6 Å². The molecule has 1 aliphatic heterocycles. The van der Waals surface area contributed by atoms with Crippen molar-refractivity contribution in [1.29, 1.82) is 0 Å². The summed E-state index contributed by atoms with van der Waals surface area (Å²) in [4.78, 5) is 4.12. The van der Waals surface area contributed by atoms with Crippen molar-refractivity contribution in [3.63, 3.8) is 0 Å². The number of aliphatic hydroxyl groups is 1.